The molecule has 0 radical (unpaired) electrons. The number of imidazole rings is 1. The van der Waals surface area contributed by atoms with Crippen molar-refractivity contribution in [2.75, 3.05) is 0 Å². The molecule has 2 N–H and O–H groups in total. The Hall–Kier alpha value is -2.36. The lowest BCUT2D eigenvalue weighted by atomic mass is 10.1. The SMILES string of the molecule is CC(=O)c1ncc(-c2c[nH]c3ccccc23)[nH]1. The molecule has 0 saturated heterocycles. The highest BCUT2D eigenvalue weighted by Crippen LogP contribution is 2.26. The van der Waals surface area contributed by atoms with Gasteiger partial charge in [-0.1, -0.05) is 18.2 Å². The minimum Gasteiger partial charge on any atom is -0.360 e. The Labute approximate surface area is 97.7 Å². The van der Waals surface area contributed by atoms with Crippen LogP contribution < -0.4 is 0 Å². The monoisotopic (exact) mass is 225 g/mol. The average Bonchev–Trinajstić information content (AvgIpc) is 2.95. The Kier molecular flexibility index (Phi) is 2.08. The van der Waals surface area contributed by atoms with Gasteiger partial charge < -0.3 is 9.97 Å². The van der Waals surface area contributed by atoms with E-state index in [1.807, 2.05) is 30.5 Å². The minimum atomic E-state index is -0.0592. The molecule has 0 fully saturated rings. The van der Waals surface area contributed by atoms with E-state index in [4.69, 9.17) is 0 Å². The highest BCUT2D eigenvalue weighted by molar-refractivity contribution is 5.96. The predicted molar refractivity (Wildman–Crippen MR) is 65.9 cm³/mol. The summed E-state index contributed by atoms with van der Waals surface area (Å²) in [6.45, 7) is 1.50. The summed E-state index contributed by atoms with van der Waals surface area (Å²) >= 11 is 0. The van der Waals surface area contributed by atoms with Gasteiger partial charge in [0.05, 0.1) is 11.9 Å². The molecule has 1 aromatic carbocycles. The first-order valence-electron chi connectivity index (χ1n) is 5.38. The highest BCUT2D eigenvalue weighted by Gasteiger charge is 2.10. The third-order valence-corrected chi connectivity index (χ3v) is 2.79. The number of fused-ring (bicyclic) bond motifs is 1. The van der Waals surface area contributed by atoms with Crippen LogP contribution in [0.3, 0.4) is 0 Å². The predicted octanol–water partition coefficient (Wildman–Crippen LogP) is 2.76. The van der Waals surface area contributed by atoms with Crippen molar-refractivity contribution in [3.63, 3.8) is 0 Å². The number of aromatic amines is 2. The number of para-hydroxylation sites is 1. The van der Waals surface area contributed by atoms with E-state index >= 15 is 0 Å². The number of carbonyl (C=O) groups excluding carboxylic acids is 1. The van der Waals surface area contributed by atoms with Crippen LogP contribution in [0.15, 0.2) is 36.7 Å². The number of hydrogen-bond donors (Lipinski definition) is 2. The largest absolute Gasteiger partial charge is 0.360 e. The molecule has 0 aliphatic rings. The lowest BCUT2D eigenvalue weighted by molar-refractivity contribution is 0.100. The maximum Gasteiger partial charge on any atom is 0.194 e. The minimum absolute atomic E-state index is 0.0592. The first-order chi connectivity index (χ1) is 8.25. The second kappa shape index (κ2) is 3.59. The van der Waals surface area contributed by atoms with Gasteiger partial charge in [-0.15, -0.1) is 0 Å². The summed E-state index contributed by atoms with van der Waals surface area (Å²) in [7, 11) is 0. The zero-order chi connectivity index (χ0) is 11.8. The zero-order valence-corrected chi connectivity index (χ0v) is 9.32. The summed E-state index contributed by atoms with van der Waals surface area (Å²) in [5.41, 5.74) is 2.95. The maximum atomic E-state index is 11.2. The molecule has 17 heavy (non-hydrogen) atoms. The average molecular weight is 225 g/mol. The molecule has 4 nitrogen and oxygen atoms in total. The number of aromatic nitrogens is 3. The summed E-state index contributed by atoms with van der Waals surface area (Å²) in [6, 6.07) is 8.02. The van der Waals surface area contributed by atoms with Gasteiger partial charge in [-0.05, 0) is 6.07 Å². The molecule has 0 saturated carbocycles. The molecule has 0 atom stereocenters. The van der Waals surface area contributed by atoms with E-state index in [1.165, 1.54) is 6.92 Å². The number of carbonyl (C=O) groups is 1. The number of nitrogens with zero attached hydrogens (tertiary/aromatic N) is 1. The fraction of sp³-hybridized carbons (Fsp3) is 0.0769. The lowest BCUT2D eigenvalue weighted by Crippen LogP contribution is -1.93. The first kappa shape index (κ1) is 9.84. The smallest absolute Gasteiger partial charge is 0.194 e. The third-order valence-electron chi connectivity index (χ3n) is 2.79. The van der Waals surface area contributed by atoms with Crippen molar-refractivity contribution in [3.05, 3.63) is 42.5 Å². The molecule has 2 aromatic heterocycles. The maximum absolute atomic E-state index is 11.2. The third kappa shape index (κ3) is 1.54. The van der Waals surface area contributed by atoms with Crippen LogP contribution >= 0.6 is 0 Å². The van der Waals surface area contributed by atoms with Crippen molar-refractivity contribution in [1.29, 1.82) is 0 Å². The molecular weight excluding hydrogens is 214 g/mol. The van der Waals surface area contributed by atoms with Gasteiger partial charge in [0, 0.05) is 29.6 Å². The van der Waals surface area contributed by atoms with Gasteiger partial charge in [-0.2, -0.15) is 0 Å². The van der Waals surface area contributed by atoms with E-state index in [0.717, 1.165) is 22.2 Å². The Bertz CT molecular complexity index is 693. The number of ketones is 1. The van der Waals surface area contributed by atoms with Crippen molar-refractivity contribution < 1.29 is 4.79 Å². The van der Waals surface area contributed by atoms with E-state index in [2.05, 4.69) is 15.0 Å². The van der Waals surface area contributed by atoms with Crippen LogP contribution in [0.5, 0.6) is 0 Å². The van der Waals surface area contributed by atoms with E-state index in [1.54, 1.807) is 6.20 Å². The number of H-pyrrole nitrogens is 2. The van der Waals surface area contributed by atoms with Crippen molar-refractivity contribution >= 4 is 16.7 Å². The molecule has 0 bridgehead atoms. The van der Waals surface area contributed by atoms with Gasteiger partial charge in [0.1, 0.15) is 0 Å². The van der Waals surface area contributed by atoms with E-state index < -0.39 is 0 Å². The van der Waals surface area contributed by atoms with Gasteiger partial charge in [-0.3, -0.25) is 4.79 Å². The fourth-order valence-electron chi connectivity index (χ4n) is 1.93. The Balaban J connectivity index is 2.17. The number of benzene rings is 1. The van der Waals surface area contributed by atoms with Gasteiger partial charge in [0.2, 0.25) is 0 Å². The summed E-state index contributed by atoms with van der Waals surface area (Å²) in [5.74, 6) is 0.335. The van der Waals surface area contributed by atoms with Crippen LogP contribution in [-0.2, 0) is 0 Å². The van der Waals surface area contributed by atoms with Gasteiger partial charge >= 0.3 is 0 Å². The van der Waals surface area contributed by atoms with Gasteiger partial charge in [-0.25, -0.2) is 4.98 Å². The zero-order valence-electron chi connectivity index (χ0n) is 9.32. The lowest BCUT2D eigenvalue weighted by Gasteiger charge is -1.94. The van der Waals surface area contributed by atoms with Crippen LogP contribution in [0, 0.1) is 0 Å². The normalized spacial score (nSPS) is 10.9. The summed E-state index contributed by atoms with van der Waals surface area (Å²) in [4.78, 5) is 21.5. The van der Waals surface area contributed by atoms with Gasteiger partial charge in [0.15, 0.2) is 11.6 Å². The number of rotatable bonds is 2. The topological polar surface area (TPSA) is 61.5 Å². The van der Waals surface area contributed by atoms with Crippen molar-refractivity contribution in [1.82, 2.24) is 15.0 Å². The molecule has 0 aliphatic heterocycles. The van der Waals surface area contributed by atoms with Crippen molar-refractivity contribution in [3.8, 4) is 11.3 Å². The molecular formula is C13H11N3O. The summed E-state index contributed by atoms with van der Waals surface area (Å²) in [6.07, 6.45) is 3.61. The Morgan fingerprint density at radius 2 is 2.12 bits per heavy atom. The molecule has 84 valence electrons. The second-order valence-corrected chi connectivity index (χ2v) is 3.95. The van der Waals surface area contributed by atoms with Crippen LogP contribution in [0.2, 0.25) is 0 Å². The quantitative estimate of drug-likeness (QED) is 0.659. The molecule has 0 aliphatic carbocycles. The van der Waals surface area contributed by atoms with Crippen molar-refractivity contribution in [2.24, 2.45) is 0 Å². The van der Waals surface area contributed by atoms with E-state index in [-0.39, 0.29) is 5.78 Å². The number of nitrogens with one attached hydrogen (secondary N) is 2. The van der Waals surface area contributed by atoms with Gasteiger partial charge in [0.25, 0.3) is 0 Å². The van der Waals surface area contributed by atoms with E-state index in [0.29, 0.717) is 5.82 Å². The molecule has 0 unspecified atom stereocenters. The van der Waals surface area contributed by atoms with Crippen molar-refractivity contribution in [2.45, 2.75) is 6.92 Å². The van der Waals surface area contributed by atoms with Crippen LogP contribution in [0.4, 0.5) is 0 Å². The highest BCUT2D eigenvalue weighted by atomic mass is 16.1. The number of hydrogen-bond acceptors (Lipinski definition) is 2. The second-order valence-electron chi connectivity index (χ2n) is 3.95. The summed E-state index contributed by atoms with van der Waals surface area (Å²) in [5, 5.41) is 1.12. The number of Topliss-reactive ketones (excluding diaryl/α,β-unsaturated/α-hetero) is 1. The first-order valence-corrected chi connectivity index (χ1v) is 5.38. The Morgan fingerprint density at radius 1 is 1.29 bits per heavy atom. The van der Waals surface area contributed by atoms with E-state index in [9.17, 15) is 4.79 Å². The molecule has 3 rings (SSSR count). The summed E-state index contributed by atoms with van der Waals surface area (Å²) < 4.78 is 0. The molecule has 2 heterocycles. The molecule has 0 amide bonds. The Morgan fingerprint density at radius 3 is 2.88 bits per heavy atom. The molecule has 4 heteroatoms. The van der Waals surface area contributed by atoms with Crippen LogP contribution in [0.1, 0.15) is 17.5 Å². The fourth-order valence-corrected chi connectivity index (χ4v) is 1.93. The molecule has 3 aromatic rings. The van der Waals surface area contributed by atoms with Crippen LogP contribution in [-0.4, -0.2) is 20.7 Å². The standard InChI is InChI=1S/C13H11N3O/c1-8(17)13-15-7-12(16-13)10-6-14-11-5-3-2-4-9(10)11/h2-7,14H,1H3,(H,15,16). The molecule has 0 spiro atoms. The van der Waals surface area contributed by atoms with Crippen LogP contribution in [0.25, 0.3) is 22.2 Å².